The largest absolute Gasteiger partial charge is 0.457 e. The van der Waals surface area contributed by atoms with Gasteiger partial charge in [-0.2, -0.15) is 0 Å². The van der Waals surface area contributed by atoms with Crippen LogP contribution in [0.3, 0.4) is 0 Å². The zero-order chi connectivity index (χ0) is 26.7. The molecule has 0 saturated heterocycles. The molecule has 1 aliphatic rings. The Morgan fingerprint density at radius 2 is 1.68 bits per heavy atom. The summed E-state index contributed by atoms with van der Waals surface area (Å²) in [5, 5.41) is 14.1. The quantitative estimate of drug-likeness (QED) is 0.247. The van der Waals surface area contributed by atoms with Crippen LogP contribution in [0.2, 0.25) is 0 Å². The van der Waals surface area contributed by atoms with Crippen molar-refractivity contribution in [3.63, 3.8) is 0 Å². The zero-order valence-corrected chi connectivity index (χ0v) is 21.6. The molecule has 1 fully saturated rings. The lowest BCUT2D eigenvalue weighted by Crippen LogP contribution is -2.34. The van der Waals surface area contributed by atoms with Gasteiger partial charge in [-0.05, 0) is 81.8 Å². The highest BCUT2D eigenvalue weighted by Crippen LogP contribution is 2.32. The lowest BCUT2D eigenvalue weighted by Gasteiger charge is -2.30. The predicted octanol–water partition coefficient (Wildman–Crippen LogP) is 5.68. The third kappa shape index (κ3) is 5.75. The van der Waals surface area contributed by atoms with E-state index in [2.05, 4.69) is 20.3 Å². The molecule has 4 aromatic rings. The lowest BCUT2D eigenvalue weighted by atomic mass is 9.81. The number of aromatic amines is 1. The summed E-state index contributed by atoms with van der Waals surface area (Å²) in [6, 6.07) is 16.7. The first-order chi connectivity index (χ1) is 18.3. The van der Waals surface area contributed by atoms with E-state index < -0.39 is 5.60 Å². The minimum Gasteiger partial charge on any atom is -0.457 e. The molecule has 8 heteroatoms. The van der Waals surface area contributed by atoms with E-state index in [0.29, 0.717) is 40.1 Å². The van der Waals surface area contributed by atoms with Crippen molar-refractivity contribution in [1.29, 1.82) is 0 Å². The van der Waals surface area contributed by atoms with Crippen LogP contribution >= 0.6 is 0 Å². The molecule has 196 valence electrons. The van der Waals surface area contributed by atoms with E-state index in [1.165, 1.54) is 6.33 Å². The van der Waals surface area contributed by atoms with Gasteiger partial charge < -0.3 is 20.1 Å². The highest BCUT2D eigenvalue weighted by molar-refractivity contribution is 6.18. The summed E-state index contributed by atoms with van der Waals surface area (Å²) >= 11 is 0. The number of aliphatic hydroxyl groups is 1. The second-order valence-corrected chi connectivity index (χ2v) is 10.5. The van der Waals surface area contributed by atoms with Crippen molar-refractivity contribution in [2.24, 2.45) is 5.92 Å². The number of benzene rings is 2. The number of H-pyrrole nitrogens is 1. The number of rotatable bonds is 9. The summed E-state index contributed by atoms with van der Waals surface area (Å²) < 4.78 is 5.84. The van der Waals surface area contributed by atoms with Crippen molar-refractivity contribution in [2.75, 3.05) is 5.32 Å². The van der Waals surface area contributed by atoms with Crippen LogP contribution in [-0.4, -0.2) is 43.3 Å². The number of fused-ring (bicyclic) bond motifs is 1. The van der Waals surface area contributed by atoms with Gasteiger partial charge in [-0.1, -0.05) is 18.2 Å². The average molecular weight is 513 g/mol. The molecule has 5 rings (SSSR count). The molecule has 0 bridgehead atoms. The van der Waals surface area contributed by atoms with Crippen molar-refractivity contribution in [1.82, 2.24) is 15.0 Å². The van der Waals surface area contributed by atoms with Crippen LogP contribution in [0, 0.1) is 5.92 Å². The van der Waals surface area contributed by atoms with Gasteiger partial charge >= 0.3 is 0 Å². The average Bonchev–Trinajstić information content (AvgIpc) is 3.35. The summed E-state index contributed by atoms with van der Waals surface area (Å²) in [7, 11) is 0. The molecular weight excluding hydrogens is 480 g/mol. The maximum Gasteiger partial charge on any atom is 0.195 e. The van der Waals surface area contributed by atoms with E-state index in [9.17, 15) is 14.7 Å². The predicted molar refractivity (Wildman–Crippen MR) is 146 cm³/mol. The molecule has 0 radical (unpaired) electrons. The zero-order valence-electron chi connectivity index (χ0n) is 21.6. The Morgan fingerprint density at radius 3 is 2.37 bits per heavy atom. The Kier molecular flexibility index (Phi) is 7.24. The van der Waals surface area contributed by atoms with Crippen LogP contribution in [0.5, 0.6) is 11.5 Å². The molecule has 0 aliphatic heterocycles. The molecule has 2 heterocycles. The highest BCUT2D eigenvalue weighted by Gasteiger charge is 2.30. The van der Waals surface area contributed by atoms with Crippen molar-refractivity contribution in [3.8, 4) is 11.5 Å². The smallest absolute Gasteiger partial charge is 0.195 e. The fraction of sp³-hybridized carbons (Fsp3) is 0.333. The summed E-state index contributed by atoms with van der Waals surface area (Å²) in [6.07, 6.45) is 7.12. The van der Waals surface area contributed by atoms with E-state index in [1.807, 2.05) is 30.3 Å². The van der Waals surface area contributed by atoms with Gasteiger partial charge in [0.15, 0.2) is 11.6 Å². The van der Waals surface area contributed by atoms with Crippen LogP contribution < -0.4 is 10.1 Å². The Bertz CT molecular complexity index is 1420. The van der Waals surface area contributed by atoms with E-state index >= 15 is 0 Å². The van der Waals surface area contributed by atoms with Gasteiger partial charge in [0.05, 0.1) is 10.9 Å². The van der Waals surface area contributed by atoms with Gasteiger partial charge in [0.2, 0.25) is 0 Å². The van der Waals surface area contributed by atoms with Gasteiger partial charge in [-0.3, -0.25) is 9.59 Å². The van der Waals surface area contributed by atoms with Gasteiger partial charge in [0.25, 0.3) is 0 Å². The first-order valence-electron chi connectivity index (χ1n) is 13.0. The van der Waals surface area contributed by atoms with E-state index in [0.717, 1.165) is 31.4 Å². The number of hydrogen-bond acceptors (Lipinski definition) is 7. The minimum absolute atomic E-state index is 0.110. The fourth-order valence-electron chi connectivity index (χ4n) is 4.92. The van der Waals surface area contributed by atoms with E-state index in [-0.39, 0.29) is 23.5 Å². The SMILES string of the molecule is CC(C)(O)C(=O)CC1CCC(Nc2ncnc3[nH]cc(C(=O)c4ccc(Oc5ccccc5)cc4)c23)CC1. The van der Waals surface area contributed by atoms with Crippen LogP contribution in [-0.2, 0) is 4.79 Å². The molecule has 0 atom stereocenters. The van der Waals surface area contributed by atoms with Crippen molar-refractivity contribution in [2.45, 2.75) is 57.6 Å². The summed E-state index contributed by atoms with van der Waals surface area (Å²) in [6.45, 7) is 3.09. The number of para-hydroxylation sites is 1. The lowest BCUT2D eigenvalue weighted by molar-refractivity contribution is -0.135. The second-order valence-electron chi connectivity index (χ2n) is 10.5. The molecule has 2 aromatic heterocycles. The van der Waals surface area contributed by atoms with Gasteiger partial charge in [0.1, 0.15) is 34.9 Å². The number of aromatic nitrogens is 3. The topological polar surface area (TPSA) is 117 Å². The molecular formula is C30H32N4O4. The van der Waals surface area contributed by atoms with Gasteiger partial charge in [-0.15, -0.1) is 0 Å². The van der Waals surface area contributed by atoms with Crippen LogP contribution in [0.1, 0.15) is 61.9 Å². The normalized spacial score (nSPS) is 17.8. The maximum absolute atomic E-state index is 13.5. The molecule has 0 amide bonds. The molecule has 2 aromatic carbocycles. The minimum atomic E-state index is -1.28. The Hall–Kier alpha value is -4.04. The third-order valence-corrected chi connectivity index (χ3v) is 7.15. The van der Waals surface area contributed by atoms with Crippen molar-refractivity contribution >= 4 is 28.4 Å². The van der Waals surface area contributed by atoms with Crippen LogP contribution in [0.25, 0.3) is 11.0 Å². The molecule has 1 saturated carbocycles. The molecule has 8 nitrogen and oxygen atoms in total. The number of carbonyl (C=O) groups excluding carboxylic acids is 2. The Morgan fingerprint density at radius 1 is 1.00 bits per heavy atom. The van der Waals surface area contributed by atoms with Crippen molar-refractivity contribution in [3.05, 3.63) is 78.2 Å². The number of Topliss-reactive ketones (excluding diaryl/α,β-unsaturated/α-hetero) is 1. The molecule has 0 spiro atoms. The molecule has 3 N–H and O–H groups in total. The third-order valence-electron chi connectivity index (χ3n) is 7.15. The van der Waals surface area contributed by atoms with Gasteiger partial charge in [-0.25, -0.2) is 9.97 Å². The number of ether oxygens (including phenoxy) is 1. The molecule has 1 aliphatic carbocycles. The number of nitrogens with zero attached hydrogens (tertiary/aromatic N) is 2. The first-order valence-corrected chi connectivity index (χ1v) is 13.0. The number of hydrogen-bond donors (Lipinski definition) is 3. The fourth-order valence-corrected chi connectivity index (χ4v) is 4.92. The van der Waals surface area contributed by atoms with E-state index in [4.69, 9.17) is 4.74 Å². The maximum atomic E-state index is 13.5. The van der Waals surface area contributed by atoms with Crippen LogP contribution in [0.4, 0.5) is 5.82 Å². The Labute approximate surface area is 221 Å². The summed E-state index contributed by atoms with van der Waals surface area (Å²) in [4.78, 5) is 37.6. The van der Waals surface area contributed by atoms with Crippen molar-refractivity contribution < 1.29 is 19.4 Å². The van der Waals surface area contributed by atoms with Gasteiger partial charge in [0, 0.05) is 24.2 Å². The monoisotopic (exact) mass is 512 g/mol. The standard InChI is InChI=1S/C30H32N4O4/c1-30(2,37)25(35)16-19-8-12-21(13-9-19)34-29-26-24(17-31-28(26)32-18-33-29)27(36)20-10-14-23(15-11-20)38-22-6-4-3-5-7-22/h3-7,10-11,14-15,17-19,21,37H,8-9,12-13,16H2,1-2H3,(H2,31,32,33,34). The summed E-state index contributed by atoms with van der Waals surface area (Å²) in [5.41, 5.74) is 0.357. The highest BCUT2D eigenvalue weighted by atomic mass is 16.5. The second kappa shape index (κ2) is 10.8. The molecule has 38 heavy (non-hydrogen) atoms. The van der Waals surface area contributed by atoms with E-state index in [1.54, 1.807) is 44.3 Å². The number of carbonyl (C=O) groups is 2. The molecule has 0 unspecified atom stereocenters. The summed E-state index contributed by atoms with van der Waals surface area (Å²) in [5.74, 6) is 2.04. The number of nitrogens with one attached hydrogen (secondary N) is 2. The number of ketones is 2. The number of anilines is 1. The Balaban J connectivity index is 1.28. The first kappa shape index (κ1) is 25.6. The van der Waals surface area contributed by atoms with Crippen LogP contribution in [0.15, 0.2) is 67.1 Å².